The number of nitro benzene ring substituents is 1. The summed E-state index contributed by atoms with van der Waals surface area (Å²) < 4.78 is 63.8. The molecule has 0 aliphatic rings. The van der Waals surface area contributed by atoms with E-state index < -0.39 is 43.5 Å². The van der Waals surface area contributed by atoms with E-state index in [2.05, 4.69) is 11.6 Å². The van der Waals surface area contributed by atoms with Crippen molar-refractivity contribution in [2.45, 2.75) is 31.5 Å². The van der Waals surface area contributed by atoms with Gasteiger partial charge in [0, 0.05) is 22.7 Å². The first-order valence-corrected chi connectivity index (χ1v) is 10.1. The third-order valence-corrected chi connectivity index (χ3v) is 5.90. The Morgan fingerprint density at radius 2 is 1.96 bits per heavy atom. The first-order chi connectivity index (χ1) is 12.8. The van der Waals surface area contributed by atoms with Crippen LogP contribution in [0.25, 0.3) is 10.9 Å². The van der Waals surface area contributed by atoms with E-state index in [1.807, 2.05) is 0 Å². The van der Waals surface area contributed by atoms with Crippen LogP contribution in [0.15, 0.2) is 30.9 Å². The predicted octanol–water partition coefficient (Wildman–Crippen LogP) is 3.68. The molecule has 11 heteroatoms. The molecule has 0 spiro atoms. The molecule has 0 radical (unpaired) electrons. The number of nitro groups is 1. The molecule has 0 amide bonds. The van der Waals surface area contributed by atoms with E-state index in [-0.39, 0.29) is 28.8 Å². The molecular weight excluding hydrogens is 401 g/mol. The highest BCUT2D eigenvalue weighted by Gasteiger charge is 2.40. The average Bonchev–Trinajstić information content (AvgIpc) is 2.96. The van der Waals surface area contributed by atoms with Gasteiger partial charge in [-0.3, -0.25) is 10.1 Å². The summed E-state index contributed by atoms with van der Waals surface area (Å²) in [4.78, 5) is 12.5. The Balaban J connectivity index is 2.65. The Morgan fingerprint density at radius 3 is 2.46 bits per heavy atom. The number of aromatic nitrogens is 1. The minimum atomic E-state index is -4.95. The topological polar surface area (TPSA) is 113 Å². The zero-order chi connectivity index (χ0) is 21.3. The smallest absolute Gasteiger partial charge is 0.383 e. The van der Waals surface area contributed by atoms with Crippen molar-refractivity contribution in [2.24, 2.45) is 0 Å². The lowest BCUT2D eigenvalue weighted by Gasteiger charge is -2.26. The summed E-state index contributed by atoms with van der Waals surface area (Å²) in [5.41, 5.74) is -4.56. The summed E-state index contributed by atoms with van der Waals surface area (Å²) in [7, 11) is -3.73. The molecule has 0 bridgehead atoms. The van der Waals surface area contributed by atoms with Crippen LogP contribution in [0.5, 0.6) is 0 Å². The summed E-state index contributed by atoms with van der Waals surface area (Å²) in [6.07, 6.45) is -3.37. The van der Waals surface area contributed by atoms with Crippen molar-refractivity contribution in [1.82, 2.24) is 4.98 Å². The third kappa shape index (κ3) is 4.53. The molecule has 1 aromatic carbocycles. The number of nitrogens with zero attached hydrogens (tertiary/aromatic N) is 1. The Morgan fingerprint density at radius 1 is 1.32 bits per heavy atom. The molecule has 2 N–H and O–H groups in total. The maximum absolute atomic E-state index is 13.1. The molecule has 1 aromatic heterocycles. The van der Waals surface area contributed by atoms with Gasteiger partial charge in [0.05, 0.1) is 16.4 Å². The van der Waals surface area contributed by atoms with Crippen molar-refractivity contribution < 1.29 is 31.6 Å². The summed E-state index contributed by atoms with van der Waals surface area (Å²) in [6.45, 7) is 5.06. The fourth-order valence-corrected chi connectivity index (χ4v) is 4.60. The van der Waals surface area contributed by atoms with Crippen LogP contribution in [0, 0.1) is 10.1 Å². The molecule has 0 aliphatic heterocycles. The van der Waals surface area contributed by atoms with Crippen LogP contribution in [0.1, 0.15) is 31.0 Å². The number of sulfone groups is 1. The van der Waals surface area contributed by atoms with Gasteiger partial charge in [0.1, 0.15) is 11.2 Å². The number of alkyl halides is 3. The fourth-order valence-electron chi connectivity index (χ4n) is 3.10. The molecule has 1 unspecified atom stereocenters. The van der Waals surface area contributed by atoms with E-state index in [0.717, 1.165) is 6.07 Å². The van der Waals surface area contributed by atoms with Crippen LogP contribution in [0.3, 0.4) is 0 Å². The van der Waals surface area contributed by atoms with E-state index in [4.69, 9.17) is 0 Å². The van der Waals surface area contributed by atoms with Gasteiger partial charge in [0.15, 0.2) is 9.84 Å². The van der Waals surface area contributed by atoms with Crippen molar-refractivity contribution in [3.63, 3.8) is 0 Å². The number of rotatable bonds is 8. The van der Waals surface area contributed by atoms with E-state index in [1.165, 1.54) is 12.1 Å². The molecular formula is C17H19F3N2O5S. The number of aromatic amines is 1. The maximum Gasteiger partial charge on any atom is 0.423 e. The molecule has 1 heterocycles. The molecule has 0 saturated heterocycles. The van der Waals surface area contributed by atoms with E-state index in [1.54, 1.807) is 6.92 Å². The number of benzene rings is 1. The van der Waals surface area contributed by atoms with Gasteiger partial charge in [0.2, 0.25) is 0 Å². The van der Waals surface area contributed by atoms with Crippen LogP contribution >= 0.6 is 0 Å². The molecule has 154 valence electrons. The predicted molar refractivity (Wildman–Crippen MR) is 97.6 cm³/mol. The molecule has 1 atom stereocenters. The van der Waals surface area contributed by atoms with Crippen LogP contribution in [-0.2, 0) is 21.6 Å². The van der Waals surface area contributed by atoms with Gasteiger partial charge in [-0.05, 0) is 18.6 Å². The largest absolute Gasteiger partial charge is 0.423 e. The van der Waals surface area contributed by atoms with Crippen LogP contribution in [-0.4, -0.2) is 34.9 Å². The van der Waals surface area contributed by atoms with Gasteiger partial charge >= 0.3 is 6.18 Å². The molecule has 2 rings (SSSR count). The molecule has 2 aromatic rings. The number of nitrogens with one attached hydrogen (secondary N) is 1. The zero-order valence-corrected chi connectivity index (χ0v) is 15.7. The lowest BCUT2D eigenvalue weighted by Crippen LogP contribution is -2.35. The molecule has 28 heavy (non-hydrogen) atoms. The van der Waals surface area contributed by atoms with Gasteiger partial charge < -0.3 is 10.1 Å². The van der Waals surface area contributed by atoms with E-state index in [0.29, 0.717) is 12.5 Å². The minimum Gasteiger partial charge on any atom is -0.383 e. The summed E-state index contributed by atoms with van der Waals surface area (Å²) in [6, 6.07) is 2.58. The number of aliphatic hydroxyl groups is 1. The Kier molecular flexibility index (Phi) is 5.90. The molecule has 7 nitrogen and oxygen atoms in total. The second kappa shape index (κ2) is 7.55. The lowest BCUT2D eigenvalue weighted by atomic mass is 9.96. The zero-order valence-electron chi connectivity index (χ0n) is 14.9. The number of halogens is 3. The maximum atomic E-state index is 13.1. The van der Waals surface area contributed by atoms with Gasteiger partial charge in [0.25, 0.3) is 5.69 Å². The molecule has 0 aliphatic carbocycles. The third-order valence-electron chi connectivity index (χ3n) is 4.23. The van der Waals surface area contributed by atoms with Crippen molar-refractivity contribution >= 4 is 26.4 Å². The summed E-state index contributed by atoms with van der Waals surface area (Å²) in [5, 5.41) is 22.0. The second-order valence-corrected chi connectivity index (χ2v) is 8.63. The minimum absolute atomic E-state index is 0.0183. The van der Waals surface area contributed by atoms with Crippen LogP contribution in [0.4, 0.5) is 18.9 Å². The highest BCUT2D eigenvalue weighted by Crippen LogP contribution is 2.40. The summed E-state index contributed by atoms with van der Waals surface area (Å²) in [5.74, 6) is -1.04. The van der Waals surface area contributed by atoms with Gasteiger partial charge in [-0.1, -0.05) is 19.4 Å². The van der Waals surface area contributed by atoms with Crippen molar-refractivity contribution in [2.75, 3.05) is 11.5 Å². The normalized spacial score (nSPS) is 14.8. The lowest BCUT2D eigenvalue weighted by molar-refractivity contribution is -0.387. The van der Waals surface area contributed by atoms with Crippen molar-refractivity contribution in [3.05, 3.63) is 52.2 Å². The van der Waals surface area contributed by atoms with Gasteiger partial charge in [-0.15, -0.1) is 6.58 Å². The van der Waals surface area contributed by atoms with Crippen molar-refractivity contribution in [1.29, 1.82) is 0 Å². The number of H-pyrrole nitrogens is 1. The Bertz CT molecular complexity index is 1010. The standard InChI is InChI=1S/C17H19F3N2O5S/c1-3-5-16(23,10-28(26,27)6-4-2)15-8-11-7-14(22(24)25)12(17(18,19)20)9-13(11)21-15/h4,7-9,21,23H,2-3,5-6,10H2,1H3. The van der Waals surface area contributed by atoms with E-state index in [9.17, 15) is 36.8 Å². The highest BCUT2D eigenvalue weighted by molar-refractivity contribution is 7.91. The molecule has 0 saturated carbocycles. The Hall–Kier alpha value is -2.40. The number of hydrogen-bond donors (Lipinski definition) is 2. The van der Waals surface area contributed by atoms with Crippen molar-refractivity contribution in [3.8, 4) is 0 Å². The van der Waals surface area contributed by atoms with E-state index >= 15 is 0 Å². The highest BCUT2D eigenvalue weighted by atomic mass is 32.2. The SMILES string of the molecule is C=CCS(=O)(=O)CC(O)(CCC)c1cc2cc([N+](=O)[O-])c(C(F)(F)F)cc2[nH]1. The quantitative estimate of drug-likeness (QED) is 0.384. The van der Waals surface area contributed by atoms with Gasteiger partial charge in [-0.2, -0.15) is 13.2 Å². The summed E-state index contributed by atoms with van der Waals surface area (Å²) >= 11 is 0. The first kappa shape index (κ1) is 21.9. The number of fused-ring (bicyclic) bond motifs is 1. The van der Waals surface area contributed by atoms with Crippen LogP contribution in [0.2, 0.25) is 0 Å². The number of hydrogen-bond acceptors (Lipinski definition) is 5. The average molecular weight is 420 g/mol. The second-order valence-electron chi connectivity index (χ2n) is 6.52. The monoisotopic (exact) mass is 420 g/mol. The van der Waals surface area contributed by atoms with Gasteiger partial charge in [-0.25, -0.2) is 8.42 Å². The fraction of sp³-hybridized carbons (Fsp3) is 0.412. The first-order valence-electron chi connectivity index (χ1n) is 8.25. The Labute approximate surface area is 158 Å². The molecule has 0 fully saturated rings. The van der Waals surface area contributed by atoms with Crippen LogP contribution < -0.4 is 0 Å².